The van der Waals surface area contributed by atoms with Crippen molar-refractivity contribution < 1.29 is 0 Å². The number of nitrogens with zero attached hydrogens (tertiary/aromatic N) is 2. The Kier molecular flexibility index (Phi) is 5.72. The van der Waals surface area contributed by atoms with Gasteiger partial charge >= 0.3 is 0 Å². The van der Waals surface area contributed by atoms with Gasteiger partial charge < -0.3 is 10.6 Å². The zero-order valence-electron chi connectivity index (χ0n) is 20.0. The van der Waals surface area contributed by atoms with Crippen molar-refractivity contribution in [1.82, 2.24) is 0 Å². The lowest BCUT2D eigenvalue weighted by Gasteiger charge is -2.15. The summed E-state index contributed by atoms with van der Waals surface area (Å²) in [5, 5.41) is 11.9. The summed E-state index contributed by atoms with van der Waals surface area (Å²) in [5.74, 6) is 0. The van der Waals surface area contributed by atoms with Crippen molar-refractivity contribution in [1.29, 1.82) is 0 Å². The van der Waals surface area contributed by atoms with Crippen LogP contribution in [0.15, 0.2) is 106 Å². The fourth-order valence-corrected chi connectivity index (χ4v) is 4.06. The van der Waals surface area contributed by atoms with Crippen LogP contribution in [0.2, 0.25) is 0 Å². The van der Waals surface area contributed by atoms with Gasteiger partial charge in [0.15, 0.2) is 0 Å². The van der Waals surface area contributed by atoms with Crippen LogP contribution in [0, 0.1) is 0 Å². The minimum absolute atomic E-state index is 0.927. The van der Waals surface area contributed by atoms with Crippen molar-refractivity contribution in [2.24, 2.45) is 9.98 Å². The first kappa shape index (κ1) is 21.7. The quantitative estimate of drug-likeness (QED) is 0.290. The normalized spacial score (nSPS) is 18.7. The summed E-state index contributed by atoms with van der Waals surface area (Å²) >= 11 is 0. The van der Waals surface area contributed by atoms with Gasteiger partial charge in [0.2, 0.25) is 0 Å². The van der Waals surface area contributed by atoms with Crippen LogP contribution in [0.3, 0.4) is 0 Å². The van der Waals surface area contributed by atoms with E-state index in [-0.39, 0.29) is 0 Å². The van der Waals surface area contributed by atoms with Gasteiger partial charge in [-0.1, -0.05) is 48.5 Å². The molecule has 1 aliphatic heterocycles. The number of anilines is 2. The van der Waals surface area contributed by atoms with E-state index < -0.39 is 0 Å². The molecule has 0 amide bonds. The number of hydrogen-bond donors (Lipinski definition) is 2. The molecule has 0 saturated heterocycles. The predicted molar refractivity (Wildman–Crippen MR) is 147 cm³/mol. The Morgan fingerprint density at radius 2 is 0.853 bits per heavy atom. The van der Waals surface area contributed by atoms with Crippen molar-refractivity contribution in [3.05, 3.63) is 107 Å². The molecule has 0 saturated carbocycles. The summed E-state index contributed by atoms with van der Waals surface area (Å²) in [6.45, 7) is 8.18. The Labute approximate surface area is 200 Å². The van der Waals surface area contributed by atoms with E-state index in [9.17, 15) is 0 Å². The van der Waals surface area contributed by atoms with Gasteiger partial charge in [-0.3, -0.25) is 9.98 Å². The van der Waals surface area contributed by atoms with Crippen molar-refractivity contribution in [3.63, 3.8) is 0 Å². The summed E-state index contributed by atoms with van der Waals surface area (Å²) in [7, 11) is 0. The molecular weight excluding hydrogens is 416 g/mol. The molecule has 4 nitrogen and oxygen atoms in total. The van der Waals surface area contributed by atoms with Gasteiger partial charge in [-0.2, -0.15) is 0 Å². The largest absolute Gasteiger partial charge is 0.357 e. The second-order valence-corrected chi connectivity index (χ2v) is 8.76. The molecule has 4 aromatic carbocycles. The highest BCUT2D eigenvalue weighted by Crippen LogP contribution is 2.28. The molecule has 4 aromatic rings. The van der Waals surface area contributed by atoms with Crippen molar-refractivity contribution >= 4 is 45.3 Å². The smallest absolute Gasteiger partial charge is 0.0562 e. The lowest BCUT2D eigenvalue weighted by molar-refractivity contribution is 1.18. The van der Waals surface area contributed by atoms with E-state index in [1.165, 1.54) is 21.5 Å². The number of aliphatic imine (C=N–C) groups is 2. The Balaban J connectivity index is 1.68. The highest BCUT2D eigenvalue weighted by atomic mass is 14.9. The Hall–Kier alpha value is -4.18. The molecule has 168 valence electrons. The average molecular weight is 445 g/mol. The van der Waals surface area contributed by atoms with Crippen LogP contribution in [0.4, 0.5) is 11.4 Å². The third-order valence-corrected chi connectivity index (χ3v) is 6.36. The van der Waals surface area contributed by atoms with E-state index in [2.05, 4.69) is 97.3 Å². The molecule has 0 unspecified atom stereocenters. The second-order valence-electron chi connectivity index (χ2n) is 8.76. The number of hydrogen-bond acceptors (Lipinski definition) is 4. The van der Waals surface area contributed by atoms with E-state index in [1.807, 2.05) is 26.3 Å². The maximum absolute atomic E-state index is 4.82. The minimum Gasteiger partial charge on any atom is -0.357 e. The molecule has 0 radical (unpaired) electrons. The van der Waals surface area contributed by atoms with Crippen LogP contribution < -0.4 is 10.6 Å². The summed E-state index contributed by atoms with van der Waals surface area (Å²) < 4.78 is 0. The Morgan fingerprint density at radius 1 is 0.500 bits per heavy atom. The summed E-state index contributed by atoms with van der Waals surface area (Å²) in [6.07, 6.45) is 3.88. The zero-order valence-corrected chi connectivity index (χ0v) is 20.0. The van der Waals surface area contributed by atoms with E-state index in [4.69, 9.17) is 9.98 Å². The highest BCUT2D eigenvalue weighted by molar-refractivity contribution is 5.99. The highest BCUT2D eigenvalue weighted by Gasteiger charge is 2.09. The van der Waals surface area contributed by atoms with E-state index in [0.717, 1.165) is 45.3 Å². The molecule has 2 N–H and O–H groups in total. The Morgan fingerprint density at radius 3 is 1.24 bits per heavy atom. The number of rotatable bonds is 0. The first-order valence-corrected chi connectivity index (χ1v) is 11.5. The molecule has 0 atom stereocenters. The molecule has 1 aliphatic rings. The van der Waals surface area contributed by atoms with E-state index >= 15 is 0 Å². The molecule has 34 heavy (non-hydrogen) atoms. The molecule has 4 heteroatoms. The molecule has 0 aliphatic carbocycles. The average Bonchev–Trinajstić information content (AvgIpc) is 2.85. The SMILES string of the molecule is C/C1=C(\C)Nc2cc3ccccc3cc2C=N/C(C)=C(/C)Nc2cc3ccccc3cc2C=N1. The van der Waals surface area contributed by atoms with E-state index in [0.29, 0.717) is 0 Å². The number of nitrogens with one attached hydrogen (secondary N) is 2. The third kappa shape index (κ3) is 4.35. The first-order valence-electron chi connectivity index (χ1n) is 11.5. The lowest BCUT2D eigenvalue weighted by Crippen LogP contribution is -2.04. The molecule has 5 rings (SSSR count). The van der Waals surface area contributed by atoms with Crippen molar-refractivity contribution in [3.8, 4) is 0 Å². The topological polar surface area (TPSA) is 48.8 Å². The zero-order chi connectivity index (χ0) is 23.7. The summed E-state index contributed by atoms with van der Waals surface area (Å²) in [5.41, 5.74) is 7.93. The molecular formula is C30H28N4. The lowest BCUT2D eigenvalue weighted by atomic mass is 10.0. The first-order chi connectivity index (χ1) is 16.5. The number of benzene rings is 4. The van der Waals surface area contributed by atoms with E-state index in [1.54, 1.807) is 0 Å². The minimum atomic E-state index is 0.927. The molecule has 0 bridgehead atoms. The van der Waals surface area contributed by atoms with Gasteiger partial charge in [0.25, 0.3) is 0 Å². The van der Waals surface area contributed by atoms with Gasteiger partial charge in [-0.25, -0.2) is 0 Å². The standard InChI is InChI=1S/C30H28N4/c1-19-21(3)33-29-15-25-11-7-6-10-24(25)14-28(29)18-32-20(2)22(4)34-30-16-26-12-8-5-9-23(26)13-27(30)17-31-19/h5-18,33-34H,1-4H3/b21-19-,22-20-,31-17?,32-18?. The molecule has 0 fully saturated rings. The maximum atomic E-state index is 4.82. The van der Waals surface area contributed by atoms with Crippen molar-refractivity contribution in [2.45, 2.75) is 27.7 Å². The van der Waals surface area contributed by atoms with Crippen LogP contribution in [-0.2, 0) is 0 Å². The van der Waals surface area contributed by atoms with Gasteiger partial charge in [0, 0.05) is 46.3 Å². The molecule has 0 spiro atoms. The predicted octanol–water partition coefficient (Wildman–Crippen LogP) is 7.87. The van der Waals surface area contributed by atoms with Crippen LogP contribution in [0.5, 0.6) is 0 Å². The maximum Gasteiger partial charge on any atom is 0.0562 e. The number of allylic oxidation sites excluding steroid dienone is 4. The second kappa shape index (κ2) is 8.99. The van der Waals surface area contributed by atoms with Gasteiger partial charge in [-0.05, 0) is 73.5 Å². The summed E-state index contributed by atoms with van der Waals surface area (Å²) in [6, 6.07) is 25.5. The van der Waals surface area contributed by atoms with Crippen LogP contribution >= 0.6 is 0 Å². The third-order valence-electron chi connectivity index (χ3n) is 6.36. The van der Waals surface area contributed by atoms with Crippen LogP contribution in [0.1, 0.15) is 38.8 Å². The number of fused-ring (bicyclic) bond motifs is 4. The molecule has 1 heterocycles. The van der Waals surface area contributed by atoms with Gasteiger partial charge in [0.05, 0.1) is 11.4 Å². The van der Waals surface area contributed by atoms with Crippen LogP contribution in [-0.4, -0.2) is 12.4 Å². The van der Waals surface area contributed by atoms with Crippen LogP contribution in [0.25, 0.3) is 21.5 Å². The Bertz CT molecular complexity index is 1420. The fraction of sp³-hybridized carbons (Fsp3) is 0.133. The van der Waals surface area contributed by atoms with Gasteiger partial charge in [0.1, 0.15) is 0 Å². The summed E-state index contributed by atoms with van der Waals surface area (Å²) in [4.78, 5) is 9.65. The molecule has 0 aromatic heterocycles. The van der Waals surface area contributed by atoms with Crippen molar-refractivity contribution in [2.75, 3.05) is 10.6 Å². The fourth-order valence-electron chi connectivity index (χ4n) is 4.06. The van der Waals surface area contributed by atoms with Gasteiger partial charge in [-0.15, -0.1) is 0 Å². The monoisotopic (exact) mass is 444 g/mol.